The number of allylic oxidation sites excluding steroid dienone is 1. The summed E-state index contributed by atoms with van der Waals surface area (Å²) in [7, 11) is 0. The Bertz CT molecular complexity index is 664. The number of alkyl halides is 2. The van der Waals surface area contributed by atoms with Gasteiger partial charge < -0.3 is 9.47 Å². The van der Waals surface area contributed by atoms with E-state index in [0.717, 1.165) is 11.3 Å². The Morgan fingerprint density at radius 3 is 1.83 bits per heavy atom. The van der Waals surface area contributed by atoms with Crippen molar-refractivity contribution in [1.29, 1.82) is 0 Å². The molecule has 0 aliphatic heterocycles. The van der Waals surface area contributed by atoms with Gasteiger partial charge in [-0.15, -0.1) is 23.2 Å². The van der Waals surface area contributed by atoms with Gasteiger partial charge in [-0.3, -0.25) is 4.79 Å². The van der Waals surface area contributed by atoms with E-state index in [-0.39, 0.29) is 5.78 Å². The molecule has 5 heteroatoms. The molecule has 0 amide bonds. The van der Waals surface area contributed by atoms with Crippen LogP contribution in [0.25, 0.3) is 6.08 Å². The molecule has 0 aromatic heterocycles. The van der Waals surface area contributed by atoms with Gasteiger partial charge in [-0.2, -0.15) is 0 Å². The van der Waals surface area contributed by atoms with Crippen molar-refractivity contribution in [3.63, 3.8) is 0 Å². The zero-order chi connectivity index (χ0) is 17.2. The fourth-order valence-electron chi connectivity index (χ4n) is 1.97. The van der Waals surface area contributed by atoms with Crippen LogP contribution in [0.1, 0.15) is 15.9 Å². The van der Waals surface area contributed by atoms with Crippen LogP contribution in [0.15, 0.2) is 54.6 Å². The minimum atomic E-state index is -0.0682. The molecule has 2 aromatic carbocycles. The Morgan fingerprint density at radius 1 is 0.833 bits per heavy atom. The summed E-state index contributed by atoms with van der Waals surface area (Å²) >= 11 is 11.1. The van der Waals surface area contributed by atoms with Gasteiger partial charge in [0.2, 0.25) is 0 Å². The lowest BCUT2D eigenvalue weighted by molar-refractivity contribution is 0.104. The van der Waals surface area contributed by atoms with E-state index < -0.39 is 0 Å². The number of hydrogen-bond acceptors (Lipinski definition) is 3. The standard InChI is InChI=1S/C19H18Cl2O3/c20-11-13-23-17-6-1-15(2-7-17)3-10-19(22)16-4-8-18(9-5-16)24-14-12-21/h1-10H,11-14H2. The molecule has 0 radical (unpaired) electrons. The highest BCUT2D eigenvalue weighted by Gasteiger charge is 2.02. The van der Waals surface area contributed by atoms with Gasteiger partial charge in [0, 0.05) is 5.56 Å². The quantitative estimate of drug-likeness (QED) is 0.363. The van der Waals surface area contributed by atoms with E-state index in [2.05, 4.69) is 0 Å². The number of halogens is 2. The maximum atomic E-state index is 12.2. The van der Waals surface area contributed by atoms with E-state index in [1.807, 2.05) is 24.3 Å². The van der Waals surface area contributed by atoms with Crippen LogP contribution >= 0.6 is 23.2 Å². The number of ketones is 1. The van der Waals surface area contributed by atoms with Crippen LogP contribution in [0.4, 0.5) is 0 Å². The highest BCUT2D eigenvalue weighted by atomic mass is 35.5. The minimum Gasteiger partial charge on any atom is -0.492 e. The molecule has 2 aromatic rings. The molecule has 126 valence electrons. The monoisotopic (exact) mass is 364 g/mol. The second-order valence-electron chi connectivity index (χ2n) is 4.87. The largest absolute Gasteiger partial charge is 0.492 e. The first-order chi connectivity index (χ1) is 11.7. The summed E-state index contributed by atoms with van der Waals surface area (Å²) in [6, 6.07) is 14.5. The summed E-state index contributed by atoms with van der Waals surface area (Å²) in [6.07, 6.45) is 3.31. The Hall–Kier alpha value is -1.97. The van der Waals surface area contributed by atoms with Gasteiger partial charge in [0.25, 0.3) is 0 Å². The Morgan fingerprint density at radius 2 is 1.33 bits per heavy atom. The number of ether oxygens (including phenoxy) is 2. The van der Waals surface area contributed by atoms with E-state index in [9.17, 15) is 4.79 Å². The van der Waals surface area contributed by atoms with Crippen molar-refractivity contribution in [3.8, 4) is 11.5 Å². The van der Waals surface area contributed by atoms with Crippen LogP contribution in [0.5, 0.6) is 11.5 Å². The zero-order valence-electron chi connectivity index (χ0n) is 13.1. The second-order valence-corrected chi connectivity index (χ2v) is 5.62. The van der Waals surface area contributed by atoms with Crippen molar-refractivity contribution < 1.29 is 14.3 Å². The highest BCUT2D eigenvalue weighted by molar-refractivity contribution is 6.18. The summed E-state index contributed by atoms with van der Waals surface area (Å²) in [6.45, 7) is 0.916. The summed E-state index contributed by atoms with van der Waals surface area (Å²) in [5.41, 5.74) is 1.52. The SMILES string of the molecule is O=C(C=Cc1ccc(OCCCl)cc1)c1ccc(OCCCl)cc1. The van der Waals surface area contributed by atoms with Crippen LogP contribution in [0.2, 0.25) is 0 Å². The molecule has 24 heavy (non-hydrogen) atoms. The predicted molar refractivity (Wildman–Crippen MR) is 98.7 cm³/mol. The smallest absolute Gasteiger partial charge is 0.185 e. The zero-order valence-corrected chi connectivity index (χ0v) is 14.6. The molecule has 0 unspecified atom stereocenters. The molecule has 2 rings (SSSR count). The second kappa shape index (κ2) is 10.0. The number of hydrogen-bond donors (Lipinski definition) is 0. The average Bonchev–Trinajstić information content (AvgIpc) is 2.64. The predicted octanol–water partition coefficient (Wildman–Crippen LogP) is 4.82. The molecule has 0 N–H and O–H groups in total. The molecule has 0 spiro atoms. The van der Waals surface area contributed by atoms with Crippen molar-refractivity contribution in [3.05, 3.63) is 65.7 Å². The van der Waals surface area contributed by atoms with Crippen molar-refractivity contribution >= 4 is 35.1 Å². The molecule has 0 saturated carbocycles. The van der Waals surface area contributed by atoms with Crippen molar-refractivity contribution in [2.75, 3.05) is 25.0 Å². The molecular weight excluding hydrogens is 347 g/mol. The van der Waals surface area contributed by atoms with Gasteiger partial charge in [-0.25, -0.2) is 0 Å². The summed E-state index contributed by atoms with van der Waals surface area (Å²) in [5.74, 6) is 2.27. The lowest BCUT2D eigenvalue weighted by Crippen LogP contribution is -1.99. The summed E-state index contributed by atoms with van der Waals surface area (Å²) in [4.78, 5) is 12.2. The Kier molecular flexibility index (Phi) is 7.66. The lowest BCUT2D eigenvalue weighted by Gasteiger charge is -2.04. The van der Waals surface area contributed by atoms with Crippen LogP contribution in [0, 0.1) is 0 Å². The van der Waals surface area contributed by atoms with Gasteiger partial charge in [0.1, 0.15) is 24.7 Å². The van der Waals surface area contributed by atoms with Crippen LogP contribution in [0.3, 0.4) is 0 Å². The molecule has 3 nitrogen and oxygen atoms in total. The molecular formula is C19H18Cl2O3. The van der Waals surface area contributed by atoms with Crippen LogP contribution in [-0.4, -0.2) is 30.8 Å². The fourth-order valence-corrected chi connectivity index (χ4v) is 2.13. The van der Waals surface area contributed by atoms with E-state index in [4.69, 9.17) is 32.7 Å². The van der Waals surface area contributed by atoms with Gasteiger partial charge >= 0.3 is 0 Å². The average molecular weight is 365 g/mol. The maximum absolute atomic E-state index is 12.2. The first-order valence-electron chi connectivity index (χ1n) is 7.53. The number of benzene rings is 2. The first kappa shape index (κ1) is 18.4. The Labute approximate surface area is 151 Å². The van der Waals surface area contributed by atoms with Crippen molar-refractivity contribution in [1.82, 2.24) is 0 Å². The van der Waals surface area contributed by atoms with Gasteiger partial charge in [0.15, 0.2) is 5.78 Å². The third-order valence-corrected chi connectivity index (χ3v) is 3.45. The van der Waals surface area contributed by atoms with E-state index in [1.54, 1.807) is 36.4 Å². The van der Waals surface area contributed by atoms with E-state index >= 15 is 0 Å². The third-order valence-electron chi connectivity index (χ3n) is 3.14. The molecule has 0 aliphatic rings. The molecule has 0 atom stereocenters. The molecule has 0 aliphatic carbocycles. The number of rotatable bonds is 9. The van der Waals surface area contributed by atoms with Crippen LogP contribution in [-0.2, 0) is 0 Å². The normalized spacial score (nSPS) is 10.8. The van der Waals surface area contributed by atoms with E-state index in [1.165, 1.54) is 0 Å². The minimum absolute atomic E-state index is 0.0682. The number of carbonyl (C=O) groups is 1. The van der Waals surface area contributed by atoms with Crippen molar-refractivity contribution in [2.24, 2.45) is 0 Å². The lowest BCUT2D eigenvalue weighted by atomic mass is 10.1. The first-order valence-corrected chi connectivity index (χ1v) is 8.60. The van der Waals surface area contributed by atoms with E-state index in [0.29, 0.717) is 36.3 Å². The topological polar surface area (TPSA) is 35.5 Å². The highest BCUT2D eigenvalue weighted by Crippen LogP contribution is 2.15. The van der Waals surface area contributed by atoms with Gasteiger partial charge in [0.05, 0.1) is 11.8 Å². The maximum Gasteiger partial charge on any atom is 0.185 e. The summed E-state index contributed by atoms with van der Waals surface area (Å²) < 4.78 is 10.8. The van der Waals surface area contributed by atoms with Gasteiger partial charge in [-0.1, -0.05) is 18.2 Å². The molecule has 0 saturated heterocycles. The third kappa shape index (κ3) is 5.91. The Balaban J connectivity index is 1.94. The molecule has 0 heterocycles. The summed E-state index contributed by atoms with van der Waals surface area (Å²) in [5, 5.41) is 0. The molecule has 0 bridgehead atoms. The van der Waals surface area contributed by atoms with Gasteiger partial charge in [-0.05, 0) is 48.0 Å². The van der Waals surface area contributed by atoms with Crippen molar-refractivity contribution in [2.45, 2.75) is 0 Å². The number of carbonyl (C=O) groups excluding carboxylic acids is 1. The van der Waals surface area contributed by atoms with Crippen LogP contribution < -0.4 is 9.47 Å². The fraction of sp³-hybridized carbons (Fsp3) is 0.211. The molecule has 0 fully saturated rings.